The Morgan fingerprint density at radius 2 is 1.85 bits per heavy atom. The Bertz CT molecular complexity index is 744. The molecule has 1 heterocycles. The van der Waals surface area contributed by atoms with E-state index in [1.807, 2.05) is 24.4 Å². The van der Waals surface area contributed by atoms with Crippen LogP contribution in [0.2, 0.25) is 0 Å². The fraction of sp³-hybridized carbons (Fsp3) is 0.0625. The molecule has 3 aromatic rings. The topological polar surface area (TPSA) is 51.3 Å². The molecule has 100 valence electrons. The first-order valence-corrected chi connectivity index (χ1v) is 6.20. The number of carbonyl (C=O) groups is 1. The highest BCUT2D eigenvalue weighted by Crippen LogP contribution is 2.25. The zero-order valence-electron chi connectivity index (χ0n) is 10.9. The maximum absolute atomic E-state index is 12.1. The summed E-state index contributed by atoms with van der Waals surface area (Å²) in [6, 6.07) is 14.2. The summed E-state index contributed by atoms with van der Waals surface area (Å²) < 4.78 is 10.5. The summed E-state index contributed by atoms with van der Waals surface area (Å²) in [5.41, 5.74) is 1.42. The van der Waals surface area contributed by atoms with Crippen molar-refractivity contribution < 1.29 is 14.3 Å². The molecule has 2 aromatic carbocycles. The lowest BCUT2D eigenvalue weighted by atomic mass is 10.2. The lowest BCUT2D eigenvalue weighted by molar-refractivity contribution is 0.0737. The van der Waals surface area contributed by atoms with Gasteiger partial charge in [0.25, 0.3) is 0 Å². The van der Waals surface area contributed by atoms with Crippen molar-refractivity contribution in [3.63, 3.8) is 0 Å². The lowest BCUT2D eigenvalue weighted by Crippen LogP contribution is -2.08. The third-order valence-corrected chi connectivity index (χ3v) is 3.08. The molecular weight excluding hydrogens is 254 g/mol. The Kier molecular flexibility index (Phi) is 3.13. The van der Waals surface area contributed by atoms with Crippen LogP contribution in [-0.2, 0) is 0 Å². The highest BCUT2D eigenvalue weighted by atomic mass is 16.5. The van der Waals surface area contributed by atoms with Gasteiger partial charge in [-0.1, -0.05) is 6.07 Å². The first-order chi connectivity index (χ1) is 9.78. The number of aromatic amines is 1. The monoisotopic (exact) mass is 267 g/mol. The van der Waals surface area contributed by atoms with Gasteiger partial charge in [0.2, 0.25) is 0 Å². The van der Waals surface area contributed by atoms with E-state index in [0.717, 1.165) is 10.9 Å². The SMILES string of the molecule is COc1ccc(C(=O)Oc2cccc3[nH]ccc23)cc1. The van der Waals surface area contributed by atoms with E-state index < -0.39 is 0 Å². The second-order valence-electron chi connectivity index (χ2n) is 4.31. The van der Waals surface area contributed by atoms with Crippen LogP contribution in [0.5, 0.6) is 11.5 Å². The number of H-pyrrole nitrogens is 1. The molecular formula is C16H13NO3. The maximum atomic E-state index is 12.1. The van der Waals surface area contributed by atoms with Gasteiger partial charge in [-0.25, -0.2) is 4.79 Å². The Morgan fingerprint density at radius 1 is 1.05 bits per heavy atom. The summed E-state index contributed by atoms with van der Waals surface area (Å²) in [5.74, 6) is 0.861. The number of rotatable bonds is 3. The van der Waals surface area contributed by atoms with Crippen LogP contribution in [0.15, 0.2) is 54.7 Å². The molecule has 0 aliphatic carbocycles. The largest absolute Gasteiger partial charge is 0.497 e. The van der Waals surface area contributed by atoms with Gasteiger partial charge in [-0.2, -0.15) is 0 Å². The Morgan fingerprint density at radius 3 is 2.60 bits per heavy atom. The summed E-state index contributed by atoms with van der Waals surface area (Å²) in [6.07, 6.45) is 1.81. The predicted octanol–water partition coefficient (Wildman–Crippen LogP) is 3.40. The second-order valence-corrected chi connectivity index (χ2v) is 4.31. The summed E-state index contributed by atoms with van der Waals surface area (Å²) in [6.45, 7) is 0. The van der Waals surface area contributed by atoms with Crippen molar-refractivity contribution in [2.75, 3.05) is 7.11 Å². The average molecular weight is 267 g/mol. The molecule has 1 aromatic heterocycles. The molecule has 0 spiro atoms. The molecule has 0 atom stereocenters. The third kappa shape index (κ3) is 2.23. The van der Waals surface area contributed by atoms with Crippen molar-refractivity contribution in [3.8, 4) is 11.5 Å². The van der Waals surface area contributed by atoms with E-state index in [2.05, 4.69) is 4.98 Å². The van der Waals surface area contributed by atoms with E-state index in [-0.39, 0.29) is 5.97 Å². The quantitative estimate of drug-likeness (QED) is 0.584. The summed E-state index contributed by atoms with van der Waals surface area (Å²) >= 11 is 0. The Balaban J connectivity index is 1.86. The molecule has 4 nitrogen and oxygen atoms in total. The van der Waals surface area contributed by atoms with Crippen molar-refractivity contribution in [2.24, 2.45) is 0 Å². The number of nitrogens with one attached hydrogen (secondary N) is 1. The summed E-state index contributed by atoms with van der Waals surface area (Å²) in [7, 11) is 1.58. The van der Waals surface area contributed by atoms with Crippen LogP contribution in [-0.4, -0.2) is 18.1 Å². The molecule has 0 aliphatic rings. The molecule has 20 heavy (non-hydrogen) atoms. The van der Waals surface area contributed by atoms with Gasteiger partial charge in [-0.05, 0) is 42.5 Å². The van der Waals surface area contributed by atoms with E-state index in [1.54, 1.807) is 37.4 Å². The number of hydrogen-bond donors (Lipinski definition) is 1. The first-order valence-electron chi connectivity index (χ1n) is 6.20. The number of benzene rings is 2. The number of aromatic nitrogens is 1. The van der Waals surface area contributed by atoms with E-state index in [0.29, 0.717) is 17.1 Å². The van der Waals surface area contributed by atoms with Crippen molar-refractivity contribution in [2.45, 2.75) is 0 Å². The molecule has 0 amide bonds. The predicted molar refractivity (Wildman–Crippen MR) is 76.3 cm³/mol. The molecule has 0 saturated heterocycles. The smallest absolute Gasteiger partial charge is 0.343 e. The maximum Gasteiger partial charge on any atom is 0.343 e. The van der Waals surface area contributed by atoms with Crippen LogP contribution in [0.1, 0.15) is 10.4 Å². The zero-order valence-corrected chi connectivity index (χ0v) is 10.9. The number of ether oxygens (including phenoxy) is 2. The number of methoxy groups -OCH3 is 1. The number of esters is 1. The molecule has 0 saturated carbocycles. The molecule has 0 radical (unpaired) electrons. The minimum absolute atomic E-state index is 0.388. The fourth-order valence-corrected chi connectivity index (χ4v) is 2.03. The highest BCUT2D eigenvalue weighted by molar-refractivity contribution is 5.94. The van der Waals surface area contributed by atoms with Crippen molar-refractivity contribution in [1.82, 2.24) is 4.98 Å². The fourth-order valence-electron chi connectivity index (χ4n) is 2.03. The highest BCUT2D eigenvalue weighted by Gasteiger charge is 2.11. The number of hydrogen-bond acceptors (Lipinski definition) is 3. The molecule has 0 aliphatic heterocycles. The third-order valence-electron chi connectivity index (χ3n) is 3.08. The molecule has 0 fully saturated rings. The molecule has 0 bridgehead atoms. The summed E-state index contributed by atoms with van der Waals surface area (Å²) in [4.78, 5) is 15.2. The lowest BCUT2D eigenvalue weighted by Gasteiger charge is -2.06. The van der Waals surface area contributed by atoms with Gasteiger partial charge in [0.05, 0.1) is 12.7 Å². The van der Waals surface area contributed by atoms with Crippen LogP contribution < -0.4 is 9.47 Å². The van der Waals surface area contributed by atoms with Crippen molar-refractivity contribution in [3.05, 3.63) is 60.3 Å². The molecule has 3 rings (SSSR count). The van der Waals surface area contributed by atoms with E-state index in [1.165, 1.54) is 0 Å². The van der Waals surface area contributed by atoms with Crippen LogP contribution in [0, 0.1) is 0 Å². The van der Waals surface area contributed by atoms with Crippen LogP contribution in [0.3, 0.4) is 0 Å². The zero-order chi connectivity index (χ0) is 13.9. The minimum Gasteiger partial charge on any atom is -0.497 e. The number of carbonyl (C=O) groups excluding carboxylic acids is 1. The first kappa shape index (κ1) is 12.3. The number of fused-ring (bicyclic) bond motifs is 1. The molecule has 4 heteroatoms. The molecule has 1 N–H and O–H groups in total. The van der Waals surface area contributed by atoms with E-state index >= 15 is 0 Å². The standard InChI is InChI=1S/C16H13NO3/c1-19-12-7-5-11(6-8-12)16(18)20-15-4-2-3-14-13(15)9-10-17-14/h2-10,17H,1H3. The minimum atomic E-state index is -0.388. The summed E-state index contributed by atoms with van der Waals surface area (Å²) in [5, 5.41) is 0.884. The van der Waals surface area contributed by atoms with Gasteiger partial charge < -0.3 is 14.5 Å². The van der Waals surface area contributed by atoms with Gasteiger partial charge in [-0.3, -0.25) is 0 Å². The second kappa shape index (κ2) is 5.09. The Hall–Kier alpha value is -2.75. The van der Waals surface area contributed by atoms with Gasteiger partial charge in [-0.15, -0.1) is 0 Å². The van der Waals surface area contributed by atoms with Crippen molar-refractivity contribution in [1.29, 1.82) is 0 Å². The Labute approximate surface area is 115 Å². The van der Waals surface area contributed by atoms with Crippen LogP contribution >= 0.6 is 0 Å². The normalized spacial score (nSPS) is 10.4. The average Bonchev–Trinajstić information content (AvgIpc) is 2.97. The van der Waals surface area contributed by atoms with Gasteiger partial charge in [0, 0.05) is 17.1 Å². The van der Waals surface area contributed by atoms with Crippen LogP contribution in [0.25, 0.3) is 10.9 Å². The van der Waals surface area contributed by atoms with Crippen molar-refractivity contribution >= 4 is 16.9 Å². The van der Waals surface area contributed by atoms with Gasteiger partial charge in [0.15, 0.2) is 0 Å². The van der Waals surface area contributed by atoms with E-state index in [9.17, 15) is 4.79 Å². The van der Waals surface area contributed by atoms with Crippen LogP contribution in [0.4, 0.5) is 0 Å². The van der Waals surface area contributed by atoms with Gasteiger partial charge in [0.1, 0.15) is 11.5 Å². The van der Waals surface area contributed by atoms with Gasteiger partial charge >= 0.3 is 5.97 Å². The molecule has 0 unspecified atom stereocenters. The van der Waals surface area contributed by atoms with E-state index in [4.69, 9.17) is 9.47 Å².